The number of ether oxygens (including phenoxy) is 1. The fraction of sp³-hybridized carbons (Fsp3) is 0.0833. The van der Waals surface area contributed by atoms with Crippen LogP contribution in [0.2, 0.25) is 5.02 Å². The van der Waals surface area contributed by atoms with Gasteiger partial charge in [-0.05, 0) is 17.7 Å². The Hall–Kier alpha value is -1.82. The van der Waals surface area contributed by atoms with Crippen LogP contribution in [0.15, 0.2) is 36.5 Å². The molecule has 0 radical (unpaired) electrons. The maximum absolute atomic E-state index is 13.0. The molecule has 100 valence electrons. The molecular formula is C12H6ClF4NO. The lowest BCUT2D eigenvalue weighted by Crippen LogP contribution is -2.17. The summed E-state index contributed by atoms with van der Waals surface area (Å²) >= 11 is 5.82. The third kappa shape index (κ3) is 3.57. The van der Waals surface area contributed by atoms with E-state index in [1.54, 1.807) is 0 Å². The van der Waals surface area contributed by atoms with Gasteiger partial charge in [-0.15, -0.1) is 13.2 Å². The van der Waals surface area contributed by atoms with Crippen molar-refractivity contribution in [3.05, 3.63) is 47.5 Å². The Morgan fingerprint density at radius 3 is 2.58 bits per heavy atom. The first-order chi connectivity index (χ1) is 8.85. The quantitative estimate of drug-likeness (QED) is 0.603. The lowest BCUT2D eigenvalue weighted by atomic mass is 10.1. The average molecular weight is 292 g/mol. The van der Waals surface area contributed by atoms with Crippen LogP contribution in [0.1, 0.15) is 0 Å². The van der Waals surface area contributed by atoms with E-state index >= 15 is 0 Å². The summed E-state index contributed by atoms with van der Waals surface area (Å²) in [4.78, 5) is 3.34. The predicted molar refractivity (Wildman–Crippen MR) is 61.3 cm³/mol. The molecule has 0 aliphatic rings. The first kappa shape index (κ1) is 13.6. The molecule has 0 saturated carbocycles. The van der Waals surface area contributed by atoms with Crippen LogP contribution < -0.4 is 4.74 Å². The molecule has 0 aliphatic carbocycles. The highest BCUT2D eigenvalue weighted by atomic mass is 35.5. The molecule has 1 aromatic heterocycles. The molecule has 0 N–H and O–H groups in total. The Kier molecular flexibility index (Phi) is 3.61. The average Bonchev–Trinajstić information content (AvgIpc) is 2.30. The summed E-state index contributed by atoms with van der Waals surface area (Å²) in [7, 11) is 0. The largest absolute Gasteiger partial charge is 0.573 e. The highest BCUT2D eigenvalue weighted by Crippen LogP contribution is 2.31. The summed E-state index contributed by atoms with van der Waals surface area (Å²) in [5.74, 6) is -1.18. The van der Waals surface area contributed by atoms with Crippen molar-refractivity contribution < 1.29 is 22.3 Å². The Morgan fingerprint density at radius 2 is 1.89 bits per heavy atom. The van der Waals surface area contributed by atoms with E-state index in [0.29, 0.717) is 5.56 Å². The smallest absolute Gasteiger partial charge is 0.406 e. The second kappa shape index (κ2) is 5.05. The van der Waals surface area contributed by atoms with Gasteiger partial charge in [0, 0.05) is 17.8 Å². The minimum atomic E-state index is -4.79. The van der Waals surface area contributed by atoms with Gasteiger partial charge in [-0.1, -0.05) is 23.7 Å². The minimum absolute atomic E-state index is 0.130. The zero-order valence-corrected chi connectivity index (χ0v) is 9.97. The summed E-state index contributed by atoms with van der Waals surface area (Å²) in [6.07, 6.45) is -3.70. The van der Waals surface area contributed by atoms with E-state index in [-0.39, 0.29) is 10.6 Å². The van der Waals surface area contributed by atoms with Crippen molar-refractivity contribution in [3.63, 3.8) is 0 Å². The zero-order valence-electron chi connectivity index (χ0n) is 9.21. The van der Waals surface area contributed by atoms with E-state index < -0.39 is 18.1 Å². The van der Waals surface area contributed by atoms with Crippen molar-refractivity contribution in [2.45, 2.75) is 6.36 Å². The van der Waals surface area contributed by atoms with Crippen LogP contribution in [-0.2, 0) is 0 Å². The van der Waals surface area contributed by atoms with E-state index in [2.05, 4.69) is 9.72 Å². The molecule has 0 bridgehead atoms. The van der Waals surface area contributed by atoms with Gasteiger partial charge >= 0.3 is 6.36 Å². The molecule has 19 heavy (non-hydrogen) atoms. The SMILES string of the molecule is Fc1cc(-c2cccc(OC(F)(F)F)c2)c(Cl)cn1. The summed E-state index contributed by atoms with van der Waals surface area (Å²) in [6, 6.07) is 6.14. The van der Waals surface area contributed by atoms with Crippen molar-refractivity contribution >= 4 is 11.6 Å². The number of hydrogen-bond donors (Lipinski definition) is 0. The van der Waals surface area contributed by atoms with E-state index in [1.165, 1.54) is 12.1 Å². The minimum Gasteiger partial charge on any atom is -0.406 e. The standard InChI is InChI=1S/C12H6ClF4NO/c13-10-6-18-11(14)5-9(10)7-2-1-3-8(4-7)19-12(15,16)17/h1-6H. The maximum Gasteiger partial charge on any atom is 0.573 e. The van der Waals surface area contributed by atoms with Gasteiger partial charge in [-0.25, -0.2) is 4.98 Å². The number of hydrogen-bond acceptors (Lipinski definition) is 2. The van der Waals surface area contributed by atoms with Gasteiger partial charge in [0.1, 0.15) is 5.75 Å². The first-order valence-corrected chi connectivity index (χ1v) is 5.40. The van der Waals surface area contributed by atoms with Crippen molar-refractivity contribution in [2.75, 3.05) is 0 Å². The summed E-state index contributed by atoms with van der Waals surface area (Å²) < 4.78 is 53.1. The van der Waals surface area contributed by atoms with E-state index in [1.807, 2.05) is 0 Å². The Labute approximate surface area is 110 Å². The monoisotopic (exact) mass is 291 g/mol. The van der Waals surface area contributed by atoms with Gasteiger partial charge < -0.3 is 4.74 Å². The number of nitrogens with zero attached hydrogens (tertiary/aromatic N) is 1. The highest BCUT2D eigenvalue weighted by molar-refractivity contribution is 6.33. The van der Waals surface area contributed by atoms with Gasteiger partial charge in [-0.2, -0.15) is 4.39 Å². The van der Waals surface area contributed by atoms with Crippen LogP contribution in [0.25, 0.3) is 11.1 Å². The Balaban J connectivity index is 2.40. The predicted octanol–water partition coefficient (Wildman–Crippen LogP) is 4.44. The molecule has 0 amide bonds. The van der Waals surface area contributed by atoms with Gasteiger partial charge in [-0.3, -0.25) is 0 Å². The first-order valence-electron chi connectivity index (χ1n) is 5.02. The fourth-order valence-electron chi connectivity index (χ4n) is 1.50. The van der Waals surface area contributed by atoms with E-state index in [4.69, 9.17) is 11.6 Å². The second-order valence-corrected chi connectivity index (χ2v) is 3.97. The lowest BCUT2D eigenvalue weighted by Gasteiger charge is -2.10. The number of aromatic nitrogens is 1. The highest BCUT2D eigenvalue weighted by Gasteiger charge is 2.31. The third-order valence-corrected chi connectivity index (χ3v) is 2.50. The van der Waals surface area contributed by atoms with E-state index in [0.717, 1.165) is 24.4 Å². The molecule has 0 atom stereocenters. The molecule has 0 unspecified atom stereocenters. The molecule has 2 rings (SSSR count). The van der Waals surface area contributed by atoms with Gasteiger partial charge in [0.2, 0.25) is 5.95 Å². The normalized spacial score (nSPS) is 11.4. The summed E-state index contributed by atoms with van der Waals surface area (Å²) in [5, 5.41) is 0.130. The molecule has 7 heteroatoms. The fourth-order valence-corrected chi connectivity index (χ4v) is 1.71. The van der Waals surface area contributed by atoms with Crippen LogP contribution in [0.3, 0.4) is 0 Å². The maximum atomic E-state index is 13.0. The van der Waals surface area contributed by atoms with Crippen LogP contribution in [0, 0.1) is 5.95 Å². The number of alkyl halides is 3. The number of benzene rings is 1. The third-order valence-electron chi connectivity index (χ3n) is 2.20. The van der Waals surface area contributed by atoms with Crippen LogP contribution in [0.5, 0.6) is 5.75 Å². The number of halogens is 5. The van der Waals surface area contributed by atoms with Crippen LogP contribution in [0.4, 0.5) is 17.6 Å². The lowest BCUT2D eigenvalue weighted by molar-refractivity contribution is -0.274. The summed E-state index contributed by atoms with van der Waals surface area (Å²) in [5.41, 5.74) is 0.537. The molecule has 2 aromatic rings. The number of pyridine rings is 1. The van der Waals surface area contributed by atoms with Crippen molar-refractivity contribution in [1.82, 2.24) is 4.98 Å². The zero-order chi connectivity index (χ0) is 14.0. The van der Waals surface area contributed by atoms with Crippen molar-refractivity contribution in [1.29, 1.82) is 0 Å². The Morgan fingerprint density at radius 1 is 1.16 bits per heavy atom. The van der Waals surface area contributed by atoms with Crippen molar-refractivity contribution in [2.24, 2.45) is 0 Å². The Bertz CT molecular complexity index is 601. The molecule has 0 saturated heterocycles. The molecule has 0 spiro atoms. The molecule has 0 fully saturated rings. The van der Waals surface area contributed by atoms with E-state index in [9.17, 15) is 17.6 Å². The van der Waals surface area contributed by atoms with Crippen LogP contribution in [-0.4, -0.2) is 11.3 Å². The van der Waals surface area contributed by atoms with Crippen molar-refractivity contribution in [3.8, 4) is 16.9 Å². The molecular weight excluding hydrogens is 286 g/mol. The summed E-state index contributed by atoms with van der Waals surface area (Å²) in [6.45, 7) is 0. The molecule has 2 nitrogen and oxygen atoms in total. The molecule has 1 aromatic carbocycles. The number of rotatable bonds is 2. The molecule has 1 heterocycles. The van der Waals surface area contributed by atoms with Gasteiger partial charge in [0.05, 0.1) is 5.02 Å². The van der Waals surface area contributed by atoms with Gasteiger partial charge in [0.15, 0.2) is 0 Å². The van der Waals surface area contributed by atoms with Crippen LogP contribution >= 0.6 is 11.6 Å². The second-order valence-electron chi connectivity index (χ2n) is 3.56. The topological polar surface area (TPSA) is 22.1 Å². The van der Waals surface area contributed by atoms with Gasteiger partial charge in [0.25, 0.3) is 0 Å². The molecule has 0 aliphatic heterocycles.